The minimum absolute atomic E-state index is 0.0884. The Morgan fingerprint density at radius 2 is 1.97 bits per heavy atom. The van der Waals surface area contributed by atoms with Crippen LogP contribution in [0.2, 0.25) is 0 Å². The van der Waals surface area contributed by atoms with E-state index in [2.05, 4.69) is 23.3 Å². The van der Waals surface area contributed by atoms with E-state index in [-0.39, 0.29) is 23.8 Å². The molecule has 0 spiro atoms. The molecule has 172 valence electrons. The molecule has 1 aromatic rings. The Kier molecular flexibility index (Phi) is 12.1. The van der Waals surface area contributed by atoms with Crippen LogP contribution in [0, 0.1) is 11.8 Å². The van der Waals surface area contributed by atoms with Gasteiger partial charge in [-0.2, -0.15) is 0 Å². The van der Waals surface area contributed by atoms with Crippen LogP contribution in [-0.2, 0) is 16.1 Å². The molecule has 1 amide bonds. The number of ketones is 1. The first-order chi connectivity index (χ1) is 15.1. The molecule has 1 aliphatic rings. The number of amides is 1. The minimum Gasteiger partial charge on any atom is -0.389 e. The Morgan fingerprint density at radius 1 is 1.19 bits per heavy atom. The van der Waals surface area contributed by atoms with Crippen molar-refractivity contribution in [1.29, 1.82) is 0 Å². The van der Waals surface area contributed by atoms with E-state index in [4.69, 9.17) is 0 Å². The minimum atomic E-state index is -0.382. The molecule has 0 radical (unpaired) electrons. The molecule has 1 fully saturated rings. The van der Waals surface area contributed by atoms with E-state index in [1.165, 1.54) is 0 Å². The molecule has 0 aliphatic heterocycles. The summed E-state index contributed by atoms with van der Waals surface area (Å²) < 4.78 is 0. The number of allylic oxidation sites excluding steroid dienone is 1. The lowest BCUT2D eigenvalue weighted by Crippen LogP contribution is -2.22. The van der Waals surface area contributed by atoms with Crippen LogP contribution in [0.1, 0.15) is 89.5 Å². The Bertz CT molecular complexity index is 674. The van der Waals surface area contributed by atoms with Crippen molar-refractivity contribution in [2.24, 2.45) is 11.8 Å². The van der Waals surface area contributed by atoms with Crippen molar-refractivity contribution in [3.05, 3.63) is 42.2 Å². The van der Waals surface area contributed by atoms with Crippen molar-refractivity contribution >= 4 is 11.7 Å². The fourth-order valence-electron chi connectivity index (χ4n) is 4.30. The van der Waals surface area contributed by atoms with Crippen molar-refractivity contribution in [1.82, 2.24) is 10.3 Å². The summed E-state index contributed by atoms with van der Waals surface area (Å²) in [5, 5.41) is 13.0. The molecule has 0 bridgehead atoms. The number of aromatic nitrogens is 1. The van der Waals surface area contributed by atoms with Crippen LogP contribution >= 0.6 is 0 Å². The maximum atomic E-state index is 12.3. The third-order valence-electron chi connectivity index (χ3n) is 6.25. The zero-order valence-electron chi connectivity index (χ0n) is 19.1. The Morgan fingerprint density at radius 3 is 2.74 bits per heavy atom. The normalized spacial score (nSPS) is 19.7. The van der Waals surface area contributed by atoms with Gasteiger partial charge >= 0.3 is 0 Å². The van der Waals surface area contributed by atoms with Crippen LogP contribution in [0.15, 0.2) is 36.7 Å². The van der Waals surface area contributed by atoms with Gasteiger partial charge in [-0.15, -0.1) is 0 Å². The molecular formula is C26H40N2O3. The SMILES string of the molecule is CCCCCC(O)C=CC1CCC(=O)C1CCCCCCC(=O)NCc1ccncc1. The van der Waals surface area contributed by atoms with E-state index in [0.717, 1.165) is 69.8 Å². The molecule has 5 heteroatoms. The zero-order valence-corrected chi connectivity index (χ0v) is 19.1. The summed E-state index contributed by atoms with van der Waals surface area (Å²) in [5.41, 5.74) is 1.06. The van der Waals surface area contributed by atoms with E-state index in [1.54, 1.807) is 12.4 Å². The van der Waals surface area contributed by atoms with Gasteiger partial charge in [-0.3, -0.25) is 14.6 Å². The number of hydrogen-bond acceptors (Lipinski definition) is 4. The molecule has 1 aliphatic carbocycles. The van der Waals surface area contributed by atoms with Crippen molar-refractivity contribution in [3.8, 4) is 0 Å². The number of Topliss-reactive ketones (excluding diaryl/α,β-unsaturated/α-hetero) is 1. The molecule has 2 rings (SSSR count). The molecule has 5 nitrogen and oxygen atoms in total. The third kappa shape index (κ3) is 10.2. The van der Waals surface area contributed by atoms with E-state index in [9.17, 15) is 14.7 Å². The molecule has 3 atom stereocenters. The molecule has 2 N–H and O–H groups in total. The number of nitrogens with one attached hydrogen (secondary N) is 1. The lowest BCUT2D eigenvalue weighted by atomic mass is 9.89. The van der Waals surface area contributed by atoms with Crippen LogP contribution in [0.5, 0.6) is 0 Å². The van der Waals surface area contributed by atoms with Crippen molar-refractivity contribution in [2.75, 3.05) is 0 Å². The predicted molar refractivity (Wildman–Crippen MR) is 124 cm³/mol. The van der Waals surface area contributed by atoms with E-state index < -0.39 is 0 Å². The maximum absolute atomic E-state index is 12.3. The fourth-order valence-corrected chi connectivity index (χ4v) is 4.30. The third-order valence-corrected chi connectivity index (χ3v) is 6.25. The summed E-state index contributed by atoms with van der Waals surface area (Å²) in [4.78, 5) is 28.2. The van der Waals surface area contributed by atoms with Gasteiger partial charge in [-0.25, -0.2) is 0 Å². The largest absolute Gasteiger partial charge is 0.389 e. The molecule has 0 saturated heterocycles. The topological polar surface area (TPSA) is 79.3 Å². The number of aliphatic hydroxyl groups is 1. The summed E-state index contributed by atoms with van der Waals surface area (Å²) in [6, 6.07) is 3.81. The molecule has 1 heterocycles. The van der Waals surface area contributed by atoms with Crippen LogP contribution in [-0.4, -0.2) is 27.9 Å². The van der Waals surface area contributed by atoms with Crippen LogP contribution in [0.4, 0.5) is 0 Å². The second kappa shape index (κ2) is 14.9. The Balaban J connectivity index is 1.57. The lowest BCUT2D eigenvalue weighted by Gasteiger charge is -2.15. The van der Waals surface area contributed by atoms with Gasteiger partial charge in [0, 0.05) is 37.7 Å². The first-order valence-corrected chi connectivity index (χ1v) is 12.1. The van der Waals surface area contributed by atoms with Gasteiger partial charge in [0.1, 0.15) is 5.78 Å². The summed E-state index contributed by atoms with van der Waals surface area (Å²) >= 11 is 0. The molecular weight excluding hydrogens is 388 g/mol. The van der Waals surface area contributed by atoms with E-state index in [1.807, 2.05) is 18.2 Å². The number of aliphatic hydroxyl groups excluding tert-OH is 1. The molecule has 31 heavy (non-hydrogen) atoms. The second-order valence-corrected chi connectivity index (χ2v) is 8.81. The smallest absolute Gasteiger partial charge is 0.220 e. The van der Waals surface area contributed by atoms with Gasteiger partial charge in [0.25, 0.3) is 0 Å². The summed E-state index contributed by atoms with van der Waals surface area (Å²) in [5.74, 6) is 0.867. The monoisotopic (exact) mass is 428 g/mol. The van der Waals surface area contributed by atoms with E-state index >= 15 is 0 Å². The van der Waals surface area contributed by atoms with Gasteiger partial charge in [0.15, 0.2) is 0 Å². The van der Waals surface area contributed by atoms with Crippen molar-refractivity contribution in [2.45, 2.75) is 96.6 Å². The number of nitrogens with zero attached hydrogens (tertiary/aromatic N) is 1. The number of unbranched alkanes of at least 4 members (excludes halogenated alkanes) is 5. The highest BCUT2D eigenvalue weighted by atomic mass is 16.3. The van der Waals surface area contributed by atoms with Crippen LogP contribution < -0.4 is 5.32 Å². The van der Waals surface area contributed by atoms with Gasteiger partial charge < -0.3 is 10.4 Å². The van der Waals surface area contributed by atoms with Crippen molar-refractivity contribution < 1.29 is 14.7 Å². The van der Waals surface area contributed by atoms with Gasteiger partial charge in [0.2, 0.25) is 5.91 Å². The highest BCUT2D eigenvalue weighted by Gasteiger charge is 2.32. The summed E-state index contributed by atoms with van der Waals surface area (Å²) in [7, 11) is 0. The maximum Gasteiger partial charge on any atom is 0.220 e. The van der Waals surface area contributed by atoms with Crippen LogP contribution in [0.25, 0.3) is 0 Å². The average molecular weight is 429 g/mol. The highest BCUT2D eigenvalue weighted by Crippen LogP contribution is 2.34. The first-order valence-electron chi connectivity index (χ1n) is 12.1. The molecule has 0 aromatic carbocycles. The first kappa shape index (κ1) is 25.3. The summed E-state index contributed by atoms with van der Waals surface area (Å²) in [6.45, 7) is 2.71. The quantitative estimate of drug-likeness (QED) is 0.300. The second-order valence-electron chi connectivity index (χ2n) is 8.81. The number of pyridine rings is 1. The van der Waals surface area contributed by atoms with Gasteiger partial charge in [-0.1, -0.05) is 57.6 Å². The number of carbonyl (C=O) groups is 2. The molecule has 1 aromatic heterocycles. The predicted octanol–water partition coefficient (Wildman–Crippen LogP) is 5.13. The van der Waals surface area contributed by atoms with Gasteiger partial charge in [-0.05, 0) is 49.3 Å². The lowest BCUT2D eigenvalue weighted by molar-refractivity contribution is -0.122. The van der Waals surface area contributed by atoms with E-state index in [0.29, 0.717) is 25.2 Å². The average Bonchev–Trinajstić information content (AvgIpc) is 3.13. The Hall–Kier alpha value is -2.01. The standard InChI is InChI=1S/C26H40N2O3/c1-2-3-6-9-23(29)14-12-22-13-15-25(30)24(22)10-7-4-5-8-11-26(31)28-20-21-16-18-27-19-17-21/h12,14,16-19,22-24,29H,2-11,13,15,20H2,1H3,(H,28,31). The van der Waals surface area contributed by atoms with Crippen LogP contribution in [0.3, 0.4) is 0 Å². The summed E-state index contributed by atoms with van der Waals surface area (Å²) in [6.07, 6.45) is 18.3. The Labute approximate surface area is 187 Å². The number of carbonyl (C=O) groups excluding carboxylic acids is 2. The fraction of sp³-hybridized carbons (Fsp3) is 0.654. The highest BCUT2D eigenvalue weighted by molar-refractivity contribution is 5.83. The van der Waals surface area contributed by atoms with Crippen molar-refractivity contribution in [3.63, 3.8) is 0 Å². The molecule has 3 unspecified atom stereocenters. The number of hydrogen-bond donors (Lipinski definition) is 2. The number of rotatable bonds is 15. The zero-order chi connectivity index (χ0) is 22.3. The molecule has 1 saturated carbocycles. The van der Waals surface area contributed by atoms with Gasteiger partial charge in [0.05, 0.1) is 6.10 Å².